The molecule has 4 heteroatoms. The highest BCUT2D eigenvalue weighted by molar-refractivity contribution is 14.1. The smallest absolute Gasteiger partial charge is 0.132 e. The van der Waals surface area contributed by atoms with Crippen molar-refractivity contribution in [2.24, 2.45) is 5.92 Å². The number of aromatic nitrogens is 2. The topological polar surface area (TPSA) is 17.8 Å². The molecule has 1 aromatic rings. The molecule has 0 N–H and O–H groups in total. The van der Waals surface area contributed by atoms with Crippen molar-refractivity contribution in [3.05, 3.63) is 13.7 Å². The highest BCUT2D eigenvalue weighted by Crippen LogP contribution is 2.33. The van der Waals surface area contributed by atoms with Gasteiger partial charge >= 0.3 is 0 Å². The Hall–Kier alpha value is 0.670. The number of hydrogen-bond acceptors (Lipinski definition) is 1. The number of hydrogen-bond donors (Lipinski definition) is 0. The van der Waals surface area contributed by atoms with Crippen molar-refractivity contribution in [3.8, 4) is 0 Å². The molecule has 14 heavy (non-hydrogen) atoms. The lowest BCUT2D eigenvalue weighted by molar-refractivity contribution is 0.279. The third-order valence-corrected chi connectivity index (χ3v) is 5.88. The largest absolute Gasteiger partial charge is 0.322 e. The van der Waals surface area contributed by atoms with Crippen LogP contribution in [-0.4, -0.2) is 9.55 Å². The quantitative estimate of drug-likeness (QED) is 0.637. The van der Waals surface area contributed by atoms with Crippen LogP contribution in [-0.2, 0) is 0 Å². The van der Waals surface area contributed by atoms with E-state index in [1.807, 2.05) is 6.33 Å². The minimum atomic E-state index is 0.696. The van der Waals surface area contributed by atoms with Crippen LogP contribution in [0, 0.1) is 13.3 Å². The summed E-state index contributed by atoms with van der Waals surface area (Å²) in [7, 11) is 0. The fraction of sp³-hybridized carbons (Fsp3) is 0.700. The summed E-state index contributed by atoms with van der Waals surface area (Å²) in [6.45, 7) is 2.36. The van der Waals surface area contributed by atoms with Crippen LogP contribution in [0.5, 0.6) is 0 Å². The molecule has 0 aromatic carbocycles. The Morgan fingerprint density at radius 3 is 2.79 bits per heavy atom. The van der Waals surface area contributed by atoms with Gasteiger partial charge < -0.3 is 4.57 Å². The third kappa shape index (κ3) is 2.25. The van der Waals surface area contributed by atoms with Crippen LogP contribution in [0.3, 0.4) is 0 Å². The fourth-order valence-electron chi connectivity index (χ4n) is 2.23. The van der Waals surface area contributed by atoms with Crippen LogP contribution in [0.2, 0.25) is 0 Å². The summed E-state index contributed by atoms with van der Waals surface area (Å²) in [5.74, 6) is 0.879. The predicted molar refractivity (Wildman–Crippen MR) is 74.3 cm³/mol. The first-order valence-corrected chi connectivity index (χ1v) is 7.22. The molecule has 1 aliphatic rings. The maximum atomic E-state index is 4.36. The summed E-state index contributed by atoms with van der Waals surface area (Å²) < 4.78 is 4.81. The van der Waals surface area contributed by atoms with Crippen LogP contribution in [0.1, 0.15) is 38.6 Å². The van der Waals surface area contributed by atoms with E-state index in [4.69, 9.17) is 0 Å². The summed E-state index contributed by atoms with van der Waals surface area (Å²) >= 11 is 4.71. The second-order valence-electron chi connectivity index (χ2n) is 4.16. The van der Waals surface area contributed by atoms with Crippen molar-refractivity contribution < 1.29 is 0 Å². The maximum Gasteiger partial charge on any atom is 0.132 e. The molecule has 0 bridgehead atoms. The van der Waals surface area contributed by atoms with Crippen molar-refractivity contribution in [3.63, 3.8) is 0 Å². The van der Waals surface area contributed by atoms with E-state index in [1.54, 1.807) is 0 Å². The van der Waals surface area contributed by atoms with E-state index in [9.17, 15) is 0 Å². The first kappa shape index (κ1) is 11.2. The van der Waals surface area contributed by atoms with Crippen LogP contribution in [0.15, 0.2) is 6.33 Å². The van der Waals surface area contributed by atoms with Crippen molar-refractivity contribution >= 4 is 45.2 Å². The molecular weight excluding hydrogens is 402 g/mol. The van der Waals surface area contributed by atoms with Gasteiger partial charge in [-0.05, 0) is 63.9 Å². The highest BCUT2D eigenvalue weighted by atomic mass is 127. The van der Waals surface area contributed by atoms with Gasteiger partial charge in [-0.3, -0.25) is 0 Å². The van der Waals surface area contributed by atoms with Crippen LogP contribution < -0.4 is 0 Å². The zero-order chi connectivity index (χ0) is 10.1. The lowest BCUT2D eigenvalue weighted by atomic mass is 9.87. The fourth-order valence-corrected chi connectivity index (χ4v) is 3.29. The number of halogens is 2. The Morgan fingerprint density at radius 2 is 2.21 bits per heavy atom. The molecule has 2 unspecified atom stereocenters. The van der Waals surface area contributed by atoms with Gasteiger partial charge in [-0.15, -0.1) is 0 Å². The average molecular weight is 416 g/mol. The van der Waals surface area contributed by atoms with Gasteiger partial charge in [0.25, 0.3) is 0 Å². The van der Waals surface area contributed by atoms with E-state index in [2.05, 4.69) is 61.7 Å². The van der Waals surface area contributed by atoms with E-state index >= 15 is 0 Å². The Bertz CT molecular complexity index is 322. The number of nitrogens with zero attached hydrogens (tertiary/aromatic N) is 2. The molecule has 1 fully saturated rings. The molecule has 2 nitrogen and oxygen atoms in total. The predicted octanol–water partition coefficient (Wildman–Crippen LogP) is 3.84. The summed E-state index contributed by atoms with van der Waals surface area (Å²) in [6.07, 6.45) is 7.43. The summed E-state index contributed by atoms with van der Waals surface area (Å²) in [4.78, 5) is 4.36. The van der Waals surface area contributed by atoms with Crippen LogP contribution >= 0.6 is 45.2 Å². The van der Waals surface area contributed by atoms with E-state index < -0.39 is 0 Å². The summed E-state index contributed by atoms with van der Waals surface area (Å²) in [5.41, 5.74) is 0. The minimum Gasteiger partial charge on any atom is -0.322 e. The second-order valence-corrected chi connectivity index (χ2v) is 6.20. The van der Waals surface area contributed by atoms with Gasteiger partial charge in [0.1, 0.15) is 7.40 Å². The molecule has 1 heterocycles. The Morgan fingerprint density at radius 1 is 1.43 bits per heavy atom. The molecule has 1 aliphatic carbocycles. The van der Waals surface area contributed by atoms with Gasteiger partial charge in [-0.2, -0.15) is 0 Å². The zero-order valence-electron chi connectivity index (χ0n) is 8.21. The third-order valence-electron chi connectivity index (χ3n) is 2.99. The molecule has 0 spiro atoms. The molecule has 1 aromatic heterocycles. The normalized spacial score (nSPS) is 27.9. The first-order valence-electron chi connectivity index (χ1n) is 5.06. The van der Waals surface area contributed by atoms with Crippen molar-refractivity contribution in [2.75, 3.05) is 0 Å². The average Bonchev–Trinajstić information content (AvgIpc) is 2.48. The summed E-state index contributed by atoms with van der Waals surface area (Å²) in [5, 5.41) is 0. The summed E-state index contributed by atoms with van der Waals surface area (Å²) in [6, 6.07) is 0.696. The van der Waals surface area contributed by atoms with Gasteiger partial charge in [0, 0.05) is 6.04 Å². The first-order chi connectivity index (χ1) is 6.68. The molecule has 2 rings (SSSR count). The Balaban J connectivity index is 2.18. The Kier molecular flexibility index (Phi) is 3.73. The lowest BCUT2D eigenvalue weighted by Gasteiger charge is -2.28. The molecule has 1 saturated carbocycles. The van der Waals surface area contributed by atoms with Gasteiger partial charge in [0.2, 0.25) is 0 Å². The molecule has 0 amide bonds. The van der Waals surface area contributed by atoms with Gasteiger partial charge in [-0.1, -0.05) is 19.8 Å². The number of imidazole rings is 1. The van der Waals surface area contributed by atoms with Crippen molar-refractivity contribution in [1.29, 1.82) is 0 Å². The van der Waals surface area contributed by atoms with Crippen molar-refractivity contribution in [1.82, 2.24) is 9.55 Å². The van der Waals surface area contributed by atoms with Gasteiger partial charge in [0.15, 0.2) is 0 Å². The molecule has 0 aliphatic heterocycles. The molecule has 0 saturated heterocycles. The van der Waals surface area contributed by atoms with Crippen molar-refractivity contribution in [2.45, 2.75) is 38.6 Å². The lowest BCUT2D eigenvalue weighted by Crippen LogP contribution is -2.18. The highest BCUT2D eigenvalue weighted by Gasteiger charge is 2.22. The van der Waals surface area contributed by atoms with E-state index in [-0.39, 0.29) is 0 Å². The molecular formula is C10H14I2N2. The van der Waals surface area contributed by atoms with Crippen LogP contribution in [0.25, 0.3) is 0 Å². The zero-order valence-corrected chi connectivity index (χ0v) is 12.5. The number of rotatable bonds is 1. The molecule has 2 atom stereocenters. The van der Waals surface area contributed by atoms with E-state index in [0.717, 1.165) is 9.62 Å². The standard InChI is InChI=1S/C10H14I2N2/c1-7-3-2-4-8(5-7)14-6-13-9(11)10(14)12/h6-8H,2-5H2,1H3. The molecule has 0 radical (unpaired) electrons. The monoisotopic (exact) mass is 416 g/mol. The Labute approximate surface area is 112 Å². The minimum absolute atomic E-state index is 0.696. The van der Waals surface area contributed by atoms with E-state index in [1.165, 1.54) is 29.4 Å². The maximum absolute atomic E-state index is 4.36. The van der Waals surface area contributed by atoms with Gasteiger partial charge in [0.05, 0.1) is 6.33 Å². The van der Waals surface area contributed by atoms with Crippen LogP contribution in [0.4, 0.5) is 0 Å². The second kappa shape index (κ2) is 4.67. The van der Waals surface area contributed by atoms with E-state index in [0.29, 0.717) is 6.04 Å². The van der Waals surface area contributed by atoms with Gasteiger partial charge in [-0.25, -0.2) is 4.98 Å². The SMILES string of the molecule is CC1CCCC(n2cnc(I)c2I)C1. The molecule has 78 valence electrons.